The summed E-state index contributed by atoms with van der Waals surface area (Å²) in [6, 6.07) is 7.47. The summed E-state index contributed by atoms with van der Waals surface area (Å²) in [5.74, 6) is 0.395. The number of anilines is 1. The Hall–Kier alpha value is -1.56. The molecule has 1 saturated heterocycles. The molecule has 0 N–H and O–H groups in total. The largest absolute Gasteiger partial charge is 0.368 e. The lowest BCUT2D eigenvalue weighted by atomic mass is 9.85. The van der Waals surface area contributed by atoms with Gasteiger partial charge in [0.1, 0.15) is 11.9 Å². The summed E-state index contributed by atoms with van der Waals surface area (Å²) >= 11 is 0. The van der Waals surface area contributed by atoms with Crippen molar-refractivity contribution in [3.8, 4) is 6.07 Å². The van der Waals surface area contributed by atoms with Gasteiger partial charge in [-0.1, -0.05) is 12.8 Å². The van der Waals surface area contributed by atoms with Crippen LogP contribution in [-0.4, -0.2) is 12.6 Å². The second kappa shape index (κ2) is 4.61. The maximum atomic E-state index is 13.7. The van der Waals surface area contributed by atoms with Crippen LogP contribution in [0.3, 0.4) is 0 Å². The molecule has 1 aromatic carbocycles. The Morgan fingerprint density at radius 3 is 2.83 bits per heavy atom. The van der Waals surface area contributed by atoms with Crippen LogP contribution in [0.25, 0.3) is 0 Å². The van der Waals surface area contributed by atoms with Gasteiger partial charge in [-0.25, -0.2) is 4.39 Å². The van der Waals surface area contributed by atoms with Crippen LogP contribution in [0.1, 0.15) is 37.7 Å². The van der Waals surface area contributed by atoms with Crippen molar-refractivity contribution in [1.82, 2.24) is 0 Å². The highest BCUT2D eigenvalue weighted by atomic mass is 19.1. The van der Waals surface area contributed by atoms with Gasteiger partial charge in [0, 0.05) is 18.3 Å². The molecule has 1 aromatic rings. The van der Waals surface area contributed by atoms with E-state index in [0.717, 1.165) is 18.2 Å². The fourth-order valence-corrected chi connectivity index (χ4v) is 3.50. The van der Waals surface area contributed by atoms with Crippen molar-refractivity contribution in [2.75, 3.05) is 11.4 Å². The molecule has 2 unspecified atom stereocenters. The van der Waals surface area contributed by atoms with Crippen molar-refractivity contribution in [3.63, 3.8) is 0 Å². The Kier molecular flexibility index (Phi) is 2.95. The fraction of sp³-hybridized carbons (Fsp3) is 0.533. The van der Waals surface area contributed by atoms with Gasteiger partial charge in [0.05, 0.1) is 5.56 Å². The standard InChI is InChI=1S/C15H17FN2/c16-14-9-13(6-5-12(14)10-17)18-8-7-11-3-1-2-4-15(11)18/h5-6,9,11,15H,1-4,7-8H2. The zero-order chi connectivity index (χ0) is 12.5. The maximum absolute atomic E-state index is 13.7. The first kappa shape index (κ1) is 11.5. The van der Waals surface area contributed by atoms with Gasteiger partial charge >= 0.3 is 0 Å². The minimum Gasteiger partial charge on any atom is -0.368 e. The van der Waals surface area contributed by atoms with E-state index in [-0.39, 0.29) is 5.56 Å². The maximum Gasteiger partial charge on any atom is 0.143 e. The van der Waals surface area contributed by atoms with Crippen LogP contribution in [0.5, 0.6) is 0 Å². The molecule has 1 aliphatic heterocycles. The van der Waals surface area contributed by atoms with E-state index in [1.165, 1.54) is 38.2 Å². The highest BCUT2D eigenvalue weighted by molar-refractivity contribution is 5.52. The molecule has 0 amide bonds. The van der Waals surface area contributed by atoms with Crippen LogP contribution in [0, 0.1) is 23.1 Å². The topological polar surface area (TPSA) is 27.0 Å². The summed E-state index contributed by atoms with van der Waals surface area (Å²) in [6.07, 6.45) is 6.41. The molecule has 3 rings (SSSR count). The third kappa shape index (κ3) is 1.86. The average Bonchev–Trinajstić information content (AvgIpc) is 2.82. The molecule has 2 aliphatic rings. The van der Waals surface area contributed by atoms with E-state index in [1.54, 1.807) is 6.07 Å². The Bertz CT molecular complexity index is 492. The second-order valence-corrected chi connectivity index (χ2v) is 5.37. The molecule has 0 bridgehead atoms. The Morgan fingerprint density at radius 2 is 2.06 bits per heavy atom. The van der Waals surface area contributed by atoms with Crippen LogP contribution in [-0.2, 0) is 0 Å². The van der Waals surface area contributed by atoms with E-state index in [0.29, 0.717) is 6.04 Å². The van der Waals surface area contributed by atoms with Gasteiger partial charge in [0.2, 0.25) is 0 Å². The summed E-state index contributed by atoms with van der Waals surface area (Å²) in [5, 5.41) is 8.76. The molecular formula is C15H17FN2. The molecule has 0 spiro atoms. The number of benzene rings is 1. The Balaban J connectivity index is 1.87. The third-order valence-electron chi connectivity index (χ3n) is 4.41. The smallest absolute Gasteiger partial charge is 0.143 e. The molecule has 0 radical (unpaired) electrons. The van der Waals surface area contributed by atoms with Gasteiger partial charge in [-0.05, 0) is 43.4 Å². The van der Waals surface area contributed by atoms with Crippen molar-refractivity contribution < 1.29 is 4.39 Å². The SMILES string of the molecule is N#Cc1ccc(N2CCC3CCCCC32)cc1F. The van der Waals surface area contributed by atoms with Gasteiger partial charge < -0.3 is 4.90 Å². The molecule has 2 fully saturated rings. The van der Waals surface area contributed by atoms with Crippen LogP contribution >= 0.6 is 0 Å². The fourth-order valence-electron chi connectivity index (χ4n) is 3.50. The third-order valence-corrected chi connectivity index (χ3v) is 4.41. The molecule has 94 valence electrons. The number of hydrogen-bond acceptors (Lipinski definition) is 2. The molecule has 1 heterocycles. The quantitative estimate of drug-likeness (QED) is 0.756. The molecule has 2 nitrogen and oxygen atoms in total. The van der Waals surface area contributed by atoms with E-state index in [1.807, 2.05) is 12.1 Å². The van der Waals surface area contributed by atoms with E-state index in [9.17, 15) is 4.39 Å². The van der Waals surface area contributed by atoms with Crippen LogP contribution in [0.2, 0.25) is 0 Å². The first-order valence-corrected chi connectivity index (χ1v) is 6.76. The lowest BCUT2D eigenvalue weighted by Gasteiger charge is -2.33. The van der Waals surface area contributed by atoms with E-state index >= 15 is 0 Å². The predicted molar refractivity (Wildman–Crippen MR) is 68.8 cm³/mol. The highest BCUT2D eigenvalue weighted by Crippen LogP contribution is 2.38. The number of halogens is 1. The van der Waals surface area contributed by atoms with Gasteiger partial charge in [-0.3, -0.25) is 0 Å². The predicted octanol–water partition coefficient (Wildman–Crippen LogP) is 3.47. The van der Waals surface area contributed by atoms with Crippen LogP contribution in [0.4, 0.5) is 10.1 Å². The molecule has 18 heavy (non-hydrogen) atoms. The van der Waals surface area contributed by atoms with Crippen LogP contribution < -0.4 is 4.90 Å². The number of fused-ring (bicyclic) bond motifs is 1. The van der Waals surface area contributed by atoms with E-state index < -0.39 is 5.82 Å². The van der Waals surface area contributed by atoms with E-state index in [4.69, 9.17) is 5.26 Å². The number of hydrogen-bond donors (Lipinski definition) is 0. The minimum absolute atomic E-state index is 0.137. The second-order valence-electron chi connectivity index (χ2n) is 5.37. The normalized spacial score (nSPS) is 26.8. The minimum atomic E-state index is -0.394. The molecule has 1 aliphatic carbocycles. The van der Waals surface area contributed by atoms with Gasteiger partial charge in [-0.15, -0.1) is 0 Å². The zero-order valence-electron chi connectivity index (χ0n) is 10.4. The van der Waals surface area contributed by atoms with E-state index in [2.05, 4.69) is 4.90 Å². The summed E-state index contributed by atoms with van der Waals surface area (Å²) in [6.45, 7) is 1.03. The Morgan fingerprint density at radius 1 is 1.22 bits per heavy atom. The molecule has 2 atom stereocenters. The summed E-state index contributed by atoms with van der Waals surface area (Å²) in [7, 11) is 0. The van der Waals surface area contributed by atoms with Crippen molar-refractivity contribution in [3.05, 3.63) is 29.6 Å². The number of nitriles is 1. The molecular weight excluding hydrogens is 227 g/mol. The van der Waals surface area contributed by atoms with Crippen molar-refractivity contribution in [2.45, 2.75) is 38.1 Å². The van der Waals surface area contributed by atoms with Gasteiger partial charge in [-0.2, -0.15) is 5.26 Å². The van der Waals surface area contributed by atoms with Crippen molar-refractivity contribution in [2.24, 2.45) is 5.92 Å². The summed E-state index contributed by atoms with van der Waals surface area (Å²) in [5.41, 5.74) is 1.08. The molecule has 3 heteroatoms. The highest BCUT2D eigenvalue weighted by Gasteiger charge is 2.35. The van der Waals surface area contributed by atoms with Crippen molar-refractivity contribution >= 4 is 5.69 Å². The summed E-state index contributed by atoms with van der Waals surface area (Å²) < 4.78 is 13.7. The first-order valence-electron chi connectivity index (χ1n) is 6.76. The lowest BCUT2D eigenvalue weighted by molar-refractivity contribution is 0.342. The first-order chi connectivity index (χ1) is 8.79. The number of nitrogens with zero attached hydrogens (tertiary/aromatic N) is 2. The van der Waals surface area contributed by atoms with Crippen LogP contribution in [0.15, 0.2) is 18.2 Å². The van der Waals surface area contributed by atoms with Crippen molar-refractivity contribution in [1.29, 1.82) is 5.26 Å². The molecule has 0 aromatic heterocycles. The average molecular weight is 244 g/mol. The van der Waals surface area contributed by atoms with Gasteiger partial charge in [0.25, 0.3) is 0 Å². The summed E-state index contributed by atoms with van der Waals surface area (Å²) in [4.78, 5) is 2.34. The lowest BCUT2D eigenvalue weighted by Crippen LogP contribution is -2.34. The Labute approximate surface area is 107 Å². The number of rotatable bonds is 1. The molecule has 1 saturated carbocycles. The van der Waals surface area contributed by atoms with Gasteiger partial charge in [0.15, 0.2) is 0 Å². The monoisotopic (exact) mass is 244 g/mol. The zero-order valence-corrected chi connectivity index (χ0v) is 10.4.